The van der Waals surface area contributed by atoms with Gasteiger partial charge in [0.25, 0.3) is 5.91 Å². The minimum absolute atomic E-state index is 0.0719. The number of hydrogen-bond donors (Lipinski definition) is 2. The zero-order valence-corrected chi connectivity index (χ0v) is 24.2. The molecule has 2 aromatic rings. The molecule has 3 aliphatic rings. The number of hydrogen-bond acceptors (Lipinski definition) is 5. The lowest BCUT2D eigenvalue weighted by atomic mass is 9.78. The Bertz CT molecular complexity index is 1360. The molecule has 5 amide bonds. The summed E-state index contributed by atoms with van der Waals surface area (Å²) in [4.78, 5) is 47.0. The molecule has 5 rings (SSSR count). The summed E-state index contributed by atoms with van der Waals surface area (Å²) in [6.45, 7) is 4.07. The van der Waals surface area contributed by atoms with Crippen molar-refractivity contribution in [3.05, 3.63) is 71.0 Å². The van der Waals surface area contributed by atoms with Crippen molar-refractivity contribution in [1.29, 1.82) is 0 Å². The van der Waals surface area contributed by atoms with E-state index in [9.17, 15) is 23.2 Å². The van der Waals surface area contributed by atoms with Gasteiger partial charge in [-0.2, -0.15) is 0 Å². The maximum Gasteiger partial charge on any atom is 0.341 e. The van der Waals surface area contributed by atoms with E-state index in [4.69, 9.17) is 16.3 Å². The Morgan fingerprint density at radius 2 is 1.88 bits per heavy atom. The van der Waals surface area contributed by atoms with Crippen LogP contribution >= 0.6 is 11.6 Å². The smallest absolute Gasteiger partial charge is 0.341 e. The lowest BCUT2D eigenvalue weighted by molar-refractivity contribution is -0.140. The number of carbonyl (C=O) groups is 3. The van der Waals surface area contributed by atoms with Crippen molar-refractivity contribution in [3.63, 3.8) is 0 Å². The molecule has 2 N–H and O–H groups in total. The number of anilines is 1. The van der Waals surface area contributed by atoms with E-state index in [1.165, 1.54) is 30.2 Å². The summed E-state index contributed by atoms with van der Waals surface area (Å²) in [7, 11) is 1.43. The summed E-state index contributed by atoms with van der Waals surface area (Å²) in [5.74, 6) is -1.11. The zero-order valence-electron chi connectivity index (χ0n) is 23.5. The van der Waals surface area contributed by atoms with Gasteiger partial charge in [-0.05, 0) is 54.7 Å². The molecule has 1 saturated carbocycles. The summed E-state index contributed by atoms with van der Waals surface area (Å²) in [6.07, 6.45) is 6.25. The van der Waals surface area contributed by atoms with Gasteiger partial charge in [0.1, 0.15) is 23.7 Å². The van der Waals surface area contributed by atoms with Crippen molar-refractivity contribution >= 4 is 35.3 Å². The standard InChI is InChI=1S/C29H33ClF2N6O4/c1-16-5-4-6-23(17(16)2)35-28(40)37-25(42-3)10-9-24-26(37)27(39)36(15-21-8-7-19(31)14-33-21)38(24)29(41)34-22-12-18(30)11-20(32)13-22/h7-14,16-17,23-26H,4-6,15H2,1-3H3,(H,34,41)(H,35,40). The molecule has 1 saturated heterocycles. The average molecular weight is 603 g/mol. The monoisotopic (exact) mass is 602 g/mol. The van der Waals surface area contributed by atoms with Crippen molar-refractivity contribution in [2.45, 2.75) is 64.0 Å². The van der Waals surface area contributed by atoms with Crippen LogP contribution in [0.1, 0.15) is 38.8 Å². The number of pyridine rings is 1. The topological polar surface area (TPSA) is 107 Å². The van der Waals surface area contributed by atoms with Crippen molar-refractivity contribution < 1.29 is 27.9 Å². The zero-order chi connectivity index (χ0) is 30.1. The number of methoxy groups -OCH3 is 1. The number of nitrogens with one attached hydrogen (secondary N) is 2. The van der Waals surface area contributed by atoms with E-state index < -0.39 is 47.9 Å². The van der Waals surface area contributed by atoms with Gasteiger partial charge >= 0.3 is 12.1 Å². The Labute approximate surface area is 247 Å². The molecular weight excluding hydrogens is 570 g/mol. The van der Waals surface area contributed by atoms with Crippen molar-refractivity contribution in [3.8, 4) is 0 Å². The molecule has 6 unspecified atom stereocenters. The molecular formula is C29H33ClF2N6O4. The highest BCUT2D eigenvalue weighted by atomic mass is 35.5. The van der Waals surface area contributed by atoms with E-state index in [1.807, 2.05) is 0 Å². The fourth-order valence-corrected chi connectivity index (χ4v) is 6.16. The molecule has 224 valence electrons. The molecule has 42 heavy (non-hydrogen) atoms. The number of rotatable bonds is 5. The number of ether oxygens (including phenoxy) is 1. The second-order valence-electron chi connectivity index (χ2n) is 11.0. The van der Waals surface area contributed by atoms with Crippen LogP contribution in [0.15, 0.2) is 48.7 Å². The van der Waals surface area contributed by atoms with Gasteiger partial charge in [0.15, 0.2) is 6.23 Å². The van der Waals surface area contributed by atoms with Gasteiger partial charge in [-0.1, -0.05) is 44.4 Å². The summed E-state index contributed by atoms with van der Waals surface area (Å²) in [6, 6.07) is 2.74. The van der Waals surface area contributed by atoms with Crippen LogP contribution in [-0.4, -0.2) is 69.3 Å². The van der Waals surface area contributed by atoms with Crippen LogP contribution in [0.4, 0.5) is 24.1 Å². The predicted octanol–water partition coefficient (Wildman–Crippen LogP) is 4.92. The fourth-order valence-electron chi connectivity index (χ4n) is 5.94. The SMILES string of the molecule is COC1C=CC2C(C(=O)N(Cc3ccc(F)cn3)N2C(=O)Nc2cc(F)cc(Cl)c2)N1C(=O)NC1CCCC(C)C1C. The first-order valence-corrected chi connectivity index (χ1v) is 14.2. The molecule has 1 aromatic carbocycles. The van der Waals surface area contributed by atoms with E-state index in [1.54, 1.807) is 12.2 Å². The number of benzene rings is 1. The number of amides is 5. The molecule has 3 heterocycles. The molecule has 10 nitrogen and oxygen atoms in total. The number of halogens is 3. The van der Waals surface area contributed by atoms with Gasteiger partial charge in [-0.25, -0.2) is 28.4 Å². The Hall–Kier alpha value is -3.77. The highest BCUT2D eigenvalue weighted by Gasteiger charge is 2.55. The Kier molecular flexibility index (Phi) is 8.65. The van der Waals surface area contributed by atoms with E-state index in [2.05, 4.69) is 29.5 Å². The predicted molar refractivity (Wildman–Crippen MR) is 151 cm³/mol. The third kappa shape index (κ3) is 5.91. The number of carbonyl (C=O) groups excluding carboxylic acids is 3. The van der Waals surface area contributed by atoms with Crippen molar-refractivity contribution in [1.82, 2.24) is 25.2 Å². The van der Waals surface area contributed by atoms with Gasteiger partial charge < -0.3 is 15.4 Å². The first-order valence-electron chi connectivity index (χ1n) is 13.9. The minimum Gasteiger partial charge on any atom is -0.358 e. The first-order chi connectivity index (χ1) is 20.1. The lowest BCUT2D eigenvalue weighted by Gasteiger charge is -2.41. The number of hydrazine groups is 1. The summed E-state index contributed by atoms with van der Waals surface area (Å²) < 4.78 is 33.2. The fraction of sp³-hybridized carbons (Fsp3) is 0.448. The first kappa shape index (κ1) is 29.7. The van der Waals surface area contributed by atoms with Gasteiger partial charge in [-0.3, -0.25) is 14.7 Å². The largest absolute Gasteiger partial charge is 0.358 e. The third-order valence-electron chi connectivity index (χ3n) is 8.33. The summed E-state index contributed by atoms with van der Waals surface area (Å²) in [5, 5.41) is 8.08. The molecule has 0 spiro atoms. The van der Waals surface area contributed by atoms with Crippen LogP contribution < -0.4 is 10.6 Å². The van der Waals surface area contributed by atoms with Gasteiger partial charge in [0.2, 0.25) is 0 Å². The Balaban J connectivity index is 1.48. The number of aromatic nitrogens is 1. The van der Waals surface area contributed by atoms with Crippen molar-refractivity contribution in [2.75, 3.05) is 12.4 Å². The number of urea groups is 2. The molecule has 1 aromatic heterocycles. The van der Waals surface area contributed by atoms with Gasteiger partial charge in [-0.15, -0.1) is 0 Å². The lowest BCUT2D eigenvalue weighted by Crippen LogP contribution is -2.61. The molecule has 6 atom stereocenters. The maximum atomic E-state index is 14.1. The number of nitrogens with zero attached hydrogens (tertiary/aromatic N) is 4. The average Bonchev–Trinajstić information content (AvgIpc) is 3.22. The quantitative estimate of drug-likeness (QED) is 0.473. The van der Waals surface area contributed by atoms with E-state index in [0.29, 0.717) is 11.6 Å². The molecule has 0 bridgehead atoms. The highest BCUT2D eigenvalue weighted by Crippen LogP contribution is 2.34. The third-order valence-corrected chi connectivity index (χ3v) is 8.55. The molecule has 0 radical (unpaired) electrons. The highest BCUT2D eigenvalue weighted by molar-refractivity contribution is 6.30. The molecule has 1 aliphatic carbocycles. The van der Waals surface area contributed by atoms with E-state index >= 15 is 0 Å². The van der Waals surface area contributed by atoms with Crippen LogP contribution in [0.5, 0.6) is 0 Å². The maximum absolute atomic E-state index is 14.1. The van der Waals surface area contributed by atoms with Gasteiger partial charge in [0, 0.05) is 23.9 Å². The number of fused-ring (bicyclic) bond motifs is 1. The molecule has 2 fully saturated rings. The Morgan fingerprint density at radius 3 is 2.57 bits per heavy atom. The molecule has 13 heteroatoms. The second-order valence-corrected chi connectivity index (χ2v) is 11.4. The van der Waals surface area contributed by atoms with Crippen LogP contribution in [0.3, 0.4) is 0 Å². The normalized spacial score (nSPS) is 27.2. The minimum atomic E-state index is -1.14. The van der Waals surface area contributed by atoms with Gasteiger partial charge in [0.05, 0.1) is 18.4 Å². The summed E-state index contributed by atoms with van der Waals surface area (Å²) in [5.41, 5.74) is 0.383. The van der Waals surface area contributed by atoms with Crippen LogP contribution in [0, 0.1) is 23.5 Å². The second kappa shape index (κ2) is 12.2. The van der Waals surface area contributed by atoms with Crippen LogP contribution in [-0.2, 0) is 16.1 Å². The molecule has 2 aliphatic heterocycles. The van der Waals surface area contributed by atoms with Crippen molar-refractivity contribution in [2.24, 2.45) is 11.8 Å². The van der Waals surface area contributed by atoms with Crippen LogP contribution in [0.2, 0.25) is 5.02 Å². The van der Waals surface area contributed by atoms with E-state index in [-0.39, 0.29) is 29.2 Å². The van der Waals surface area contributed by atoms with Crippen LogP contribution in [0.25, 0.3) is 0 Å². The summed E-state index contributed by atoms with van der Waals surface area (Å²) >= 11 is 5.98. The van der Waals surface area contributed by atoms with E-state index in [0.717, 1.165) is 47.6 Å². The Morgan fingerprint density at radius 1 is 1.10 bits per heavy atom.